The topological polar surface area (TPSA) is 168 Å². The van der Waals surface area contributed by atoms with Crippen LogP contribution in [0.2, 0.25) is 0 Å². The maximum atomic E-state index is 15.2. The number of halogens is 4. The first kappa shape index (κ1) is 32.8. The Balaban J connectivity index is 1.22. The molecule has 47 heavy (non-hydrogen) atoms. The van der Waals surface area contributed by atoms with Gasteiger partial charge in [-0.05, 0) is 61.8 Å². The summed E-state index contributed by atoms with van der Waals surface area (Å²) in [6, 6.07) is 5.78. The number of aliphatic hydroxyl groups excluding tert-OH is 1. The Labute approximate surface area is 266 Å². The van der Waals surface area contributed by atoms with Crippen molar-refractivity contribution in [3.8, 4) is 17.0 Å². The van der Waals surface area contributed by atoms with Crippen LogP contribution in [-0.2, 0) is 19.4 Å². The van der Waals surface area contributed by atoms with E-state index in [-0.39, 0.29) is 46.0 Å². The molecule has 1 amide bonds. The van der Waals surface area contributed by atoms with Crippen molar-refractivity contribution in [3.05, 3.63) is 65.9 Å². The molecule has 7 atom stereocenters. The van der Waals surface area contributed by atoms with E-state index in [1.165, 1.54) is 31.6 Å². The number of hydrogen-bond donors (Lipinski definition) is 4. The lowest BCUT2D eigenvalue weighted by molar-refractivity contribution is -0.138. The summed E-state index contributed by atoms with van der Waals surface area (Å²) in [5.41, 5.74) is -4.87. The molecule has 0 radical (unpaired) electrons. The SMILES string of the molecule is COc1cc(F)c(-c2cnc([C@@H]3C[C@H]3C(=O)O)cn2)cc1C(O)N[C@@H]1[C@H]2CC[C@H](C2)[C@@H]1C(=O)Nc1cccc(S(=O)(=O)C(F)(F)F)c1. The summed E-state index contributed by atoms with van der Waals surface area (Å²) in [4.78, 5) is 32.3. The zero-order valence-corrected chi connectivity index (χ0v) is 25.6. The van der Waals surface area contributed by atoms with Gasteiger partial charge in [-0.2, -0.15) is 13.2 Å². The molecule has 1 heterocycles. The monoisotopic (exact) mass is 678 g/mol. The lowest BCUT2D eigenvalue weighted by Crippen LogP contribution is -2.47. The van der Waals surface area contributed by atoms with Gasteiger partial charge < -0.3 is 20.3 Å². The molecular weight excluding hydrogens is 648 g/mol. The van der Waals surface area contributed by atoms with Crippen molar-refractivity contribution >= 4 is 27.4 Å². The van der Waals surface area contributed by atoms with Crippen molar-refractivity contribution in [2.75, 3.05) is 12.4 Å². The molecule has 1 unspecified atom stereocenters. The maximum Gasteiger partial charge on any atom is 0.501 e. The van der Waals surface area contributed by atoms with Gasteiger partial charge in [-0.3, -0.25) is 24.9 Å². The lowest BCUT2D eigenvalue weighted by Gasteiger charge is -2.33. The van der Waals surface area contributed by atoms with Crippen LogP contribution in [0.15, 0.2) is 53.7 Å². The third kappa shape index (κ3) is 6.16. The number of anilines is 1. The van der Waals surface area contributed by atoms with Gasteiger partial charge in [0.25, 0.3) is 9.84 Å². The molecule has 2 aromatic carbocycles. The third-order valence-corrected chi connectivity index (χ3v) is 10.8. The summed E-state index contributed by atoms with van der Waals surface area (Å²) >= 11 is 0. The first-order chi connectivity index (χ1) is 22.2. The Hall–Kier alpha value is -4.15. The molecule has 3 aliphatic rings. The highest BCUT2D eigenvalue weighted by molar-refractivity contribution is 7.92. The zero-order valence-electron chi connectivity index (χ0n) is 24.7. The molecule has 3 aromatic rings. The van der Waals surface area contributed by atoms with Crippen molar-refractivity contribution in [2.45, 2.75) is 54.3 Å². The second kappa shape index (κ2) is 12.1. The number of benzene rings is 2. The van der Waals surface area contributed by atoms with E-state index in [0.29, 0.717) is 25.0 Å². The van der Waals surface area contributed by atoms with Gasteiger partial charge in [-0.1, -0.05) is 6.07 Å². The van der Waals surface area contributed by atoms with Gasteiger partial charge in [0.1, 0.15) is 17.8 Å². The molecule has 0 aliphatic heterocycles. The number of rotatable bonds is 10. The molecule has 4 N–H and O–H groups in total. The average molecular weight is 679 g/mol. The van der Waals surface area contributed by atoms with E-state index < -0.39 is 62.0 Å². The van der Waals surface area contributed by atoms with Crippen LogP contribution >= 0.6 is 0 Å². The molecule has 3 saturated carbocycles. The average Bonchev–Trinajstić information content (AvgIpc) is 3.59. The summed E-state index contributed by atoms with van der Waals surface area (Å²) in [6.07, 6.45) is 3.85. The number of methoxy groups -OCH3 is 1. The predicted molar refractivity (Wildman–Crippen MR) is 157 cm³/mol. The number of alkyl halides is 3. The smallest absolute Gasteiger partial charge is 0.496 e. The highest BCUT2D eigenvalue weighted by Crippen LogP contribution is 2.50. The Morgan fingerprint density at radius 1 is 1.06 bits per heavy atom. The molecule has 1 aromatic heterocycles. The number of carbonyl (C=O) groups is 2. The van der Waals surface area contributed by atoms with E-state index >= 15 is 4.39 Å². The minimum Gasteiger partial charge on any atom is -0.496 e. The summed E-state index contributed by atoms with van der Waals surface area (Å²) in [6.45, 7) is 0. The van der Waals surface area contributed by atoms with Crippen molar-refractivity contribution in [1.82, 2.24) is 15.3 Å². The van der Waals surface area contributed by atoms with Crippen LogP contribution in [0.4, 0.5) is 23.2 Å². The number of nitrogens with one attached hydrogen (secondary N) is 2. The van der Waals surface area contributed by atoms with E-state index in [1.54, 1.807) is 0 Å². The highest BCUT2D eigenvalue weighted by atomic mass is 32.2. The van der Waals surface area contributed by atoms with Gasteiger partial charge >= 0.3 is 11.5 Å². The van der Waals surface area contributed by atoms with Crippen LogP contribution in [0.1, 0.15) is 49.1 Å². The molecule has 0 spiro atoms. The van der Waals surface area contributed by atoms with Crippen LogP contribution < -0.4 is 15.4 Å². The van der Waals surface area contributed by atoms with Gasteiger partial charge in [-0.15, -0.1) is 0 Å². The summed E-state index contributed by atoms with van der Waals surface area (Å²) < 4.78 is 83.6. The number of aromatic nitrogens is 2. The van der Waals surface area contributed by atoms with E-state index in [1.807, 2.05) is 0 Å². The van der Waals surface area contributed by atoms with Crippen molar-refractivity contribution in [3.63, 3.8) is 0 Å². The number of fused-ring (bicyclic) bond motifs is 2. The number of carboxylic acids is 1. The second-order valence-corrected chi connectivity index (χ2v) is 14.0. The van der Waals surface area contributed by atoms with Crippen LogP contribution in [0.25, 0.3) is 11.3 Å². The van der Waals surface area contributed by atoms with Gasteiger partial charge in [0.2, 0.25) is 5.91 Å². The molecular formula is C31H30F4N4O7S. The number of aliphatic carboxylic acids is 1. The van der Waals surface area contributed by atoms with Gasteiger partial charge in [0.15, 0.2) is 0 Å². The number of aliphatic hydroxyl groups is 1. The van der Waals surface area contributed by atoms with Crippen molar-refractivity contribution in [2.24, 2.45) is 23.7 Å². The Morgan fingerprint density at radius 2 is 1.81 bits per heavy atom. The fraction of sp³-hybridized carbons (Fsp3) is 0.419. The standard InChI is InChI=1S/C31H30F4N4O7S/c1-46-25-11-22(32)20(24-13-36-23(12-37-24)18-9-19(18)30(42)43)10-21(25)28(40)39-27-15-6-5-14(7-15)26(27)29(41)38-16-3-2-4-17(8-16)47(44,45)31(33,34)35/h2-4,8,10-15,18-19,26-28,39-40H,5-7,9H2,1H3,(H,38,41)(H,42,43)/t14-,15+,18-,19-,26+,27-,28?/m1/s1. The fourth-order valence-corrected chi connectivity index (χ4v) is 7.71. The second-order valence-electron chi connectivity index (χ2n) is 12.1. The molecule has 0 saturated heterocycles. The number of hydrogen-bond acceptors (Lipinski definition) is 9. The van der Waals surface area contributed by atoms with Crippen LogP contribution in [0.5, 0.6) is 5.75 Å². The van der Waals surface area contributed by atoms with Gasteiger partial charge in [0, 0.05) is 41.0 Å². The third-order valence-electron chi connectivity index (χ3n) is 9.34. The Bertz CT molecular complexity index is 1820. The van der Waals surface area contributed by atoms with Crippen molar-refractivity contribution < 1.29 is 50.5 Å². The molecule has 250 valence electrons. The van der Waals surface area contributed by atoms with Gasteiger partial charge in [0.05, 0.1) is 41.4 Å². The van der Waals surface area contributed by atoms with E-state index in [0.717, 1.165) is 30.7 Å². The number of sulfone groups is 1. The molecule has 16 heteroatoms. The normalized spacial score (nSPS) is 25.7. The number of amides is 1. The first-order valence-corrected chi connectivity index (χ1v) is 16.3. The van der Waals surface area contributed by atoms with Crippen LogP contribution in [0, 0.1) is 29.5 Å². The predicted octanol–water partition coefficient (Wildman–Crippen LogP) is 4.41. The quantitative estimate of drug-likeness (QED) is 0.178. The molecule has 6 rings (SSSR count). The molecule has 3 aliphatic carbocycles. The minimum atomic E-state index is -5.63. The van der Waals surface area contributed by atoms with Gasteiger partial charge in [-0.25, -0.2) is 12.8 Å². The zero-order chi connectivity index (χ0) is 33.8. The van der Waals surface area contributed by atoms with Crippen molar-refractivity contribution in [1.29, 1.82) is 0 Å². The summed E-state index contributed by atoms with van der Waals surface area (Å²) in [5, 5.41) is 26.2. The first-order valence-electron chi connectivity index (χ1n) is 14.8. The minimum absolute atomic E-state index is 0.00204. The molecule has 11 nitrogen and oxygen atoms in total. The molecule has 2 bridgehead atoms. The largest absolute Gasteiger partial charge is 0.501 e. The van der Waals surface area contributed by atoms with Crippen LogP contribution in [-0.4, -0.2) is 59.1 Å². The summed E-state index contributed by atoms with van der Waals surface area (Å²) in [7, 11) is -4.33. The van der Waals surface area contributed by atoms with E-state index in [4.69, 9.17) is 4.74 Å². The maximum absolute atomic E-state index is 15.2. The Kier molecular flexibility index (Phi) is 8.47. The highest BCUT2D eigenvalue weighted by Gasteiger charge is 2.52. The number of carboxylic acid groups (broad SMARTS) is 1. The number of ether oxygens (including phenoxy) is 1. The fourth-order valence-electron chi connectivity index (χ4n) is 6.90. The number of nitrogens with zero attached hydrogens (tertiary/aromatic N) is 2. The lowest BCUT2D eigenvalue weighted by atomic mass is 9.83. The molecule has 3 fully saturated rings. The van der Waals surface area contributed by atoms with E-state index in [2.05, 4.69) is 20.6 Å². The van der Waals surface area contributed by atoms with E-state index in [9.17, 15) is 41.4 Å². The van der Waals surface area contributed by atoms with Crippen LogP contribution in [0.3, 0.4) is 0 Å². The summed E-state index contributed by atoms with van der Waals surface area (Å²) in [5.74, 6) is -3.80. The Morgan fingerprint density at radius 3 is 2.45 bits per heavy atom. The number of carbonyl (C=O) groups excluding carboxylic acids is 1.